The molecule has 0 unspecified atom stereocenters. The number of amides is 1. The molecule has 4 nitrogen and oxygen atoms in total. The van der Waals surface area contributed by atoms with Crippen LogP contribution in [0.25, 0.3) is 0 Å². The quantitative estimate of drug-likeness (QED) is 0.580. The van der Waals surface area contributed by atoms with Gasteiger partial charge in [-0.1, -0.05) is 49.2 Å². The molecule has 1 saturated carbocycles. The van der Waals surface area contributed by atoms with Crippen LogP contribution in [0.15, 0.2) is 77.7 Å². The first-order chi connectivity index (χ1) is 15.3. The van der Waals surface area contributed by atoms with Crippen LogP contribution in [0.4, 0.5) is 18.9 Å². The second-order valence-electron chi connectivity index (χ2n) is 8.19. The molecule has 32 heavy (non-hydrogen) atoms. The van der Waals surface area contributed by atoms with Crippen molar-refractivity contribution in [3.05, 3.63) is 100.0 Å². The van der Waals surface area contributed by atoms with Gasteiger partial charge in [0.15, 0.2) is 0 Å². The van der Waals surface area contributed by atoms with E-state index < -0.39 is 17.2 Å². The summed E-state index contributed by atoms with van der Waals surface area (Å²) in [6.07, 6.45) is -0.160. The van der Waals surface area contributed by atoms with Gasteiger partial charge in [-0.2, -0.15) is 13.2 Å². The lowest BCUT2D eigenvalue weighted by Gasteiger charge is -2.29. The maximum atomic E-state index is 13.3. The van der Waals surface area contributed by atoms with Crippen LogP contribution in [0.3, 0.4) is 0 Å². The van der Waals surface area contributed by atoms with Crippen molar-refractivity contribution in [1.82, 2.24) is 4.57 Å². The molecule has 1 aliphatic carbocycles. The zero-order chi connectivity index (χ0) is 22.8. The topological polar surface area (TPSA) is 51.1 Å². The Kier molecular flexibility index (Phi) is 5.91. The predicted molar refractivity (Wildman–Crippen MR) is 116 cm³/mol. The molecule has 1 aliphatic rings. The summed E-state index contributed by atoms with van der Waals surface area (Å²) in [5, 5.41) is 2.90. The number of anilines is 1. The van der Waals surface area contributed by atoms with Crippen LogP contribution in [0.1, 0.15) is 42.4 Å². The van der Waals surface area contributed by atoms with E-state index >= 15 is 0 Å². The summed E-state index contributed by atoms with van der Waals surface area (Å²) < 4.78 is 41.3. The van der Waals surface area contributed by atoms with Crippen molar-refractivity contribution < 1.29 is 18.0 Å². The number of hydrogen-bond donors (Lipinski definition) is 1. The highest BCUT2D eigenvalue weighted by Gasteiger charge is 2.44. The molecule has 3 aromatic rings. The van der Waals surface area contributed by atoms with Gasteiger partial charge >= 0.3 is 6.18 Å². The van der Waals surface area contributed by atoms with Crippen LogP contribution in [0.5, 0.6) is 0 Å². The number of nitrogens with zero attached hydrogens (tertiary/aromatic N) is 1. The third kappa shape index (κ3) is 4.47. The van der Waals surface area contributed by atoms with E-state index in [9.17, 15) is 22.8 Å². The molecule has 1 aromatic heterocycles. The third-order valence-corrected chi connectivity index (χ3v) is 6.10. The van der Waals surface area contributed by atoms with Crippen molar-refractivity contribution in [2.24, 2.45) is 0 Å². The van der Waals surface area contributed by atoms with Crippen molar-refractivity contribution in [3.63, 3.8) is 0 Å². The summed E-state index contributed by atoms with van der Waals surface area (Å²) in [5.41, 5.74) is 0.0466. The Labute approximate surface area is 183 Å². The van der Waals surface area contributed by atoms with Gasteiger partial charge in [0.1, 0.15) is 0 Å². The van der Waals surface area contributed by atoms with Gasteiger partial charge in [-0.05, 0) is 48.2 Å². The lowest BCUT2D eigenvalue weighted by atomic mass is 9.77. The number of rotatable bonds is 5. The molecule has 7 heteroatoms. The Bertz CT molecular complexity index is 1160. The highest BCUT2D eigenvalue weighted by molar-refractivity contribution is 5.99. The Hall–Kier alpha value is -3.35. The van der Waals surface area contributed by atoms with Crippen molar-refractivity contribution in [2.45, 2.75) is 43.8 Å². The van der Waals surface area contributed by atoms with Crippen molar-refractivity contribution in [2.75, 3.05) is 5.32 Å². The number of hydrogen-bond acceptors (Lipinski definition) is 2. The Morgan fingerprint density at radius 3 is 2.34 bits per heavy atom. The van der Waals surface area contributed by atoms with Gasteiger partial charge in [0.05, 0.1) is 17.5 Å². The van der Waals surface area contributed by atoms with Crippen LogP contribution in [0.2, 0.25) is 0 Å². The van der Waals surface area contributed by atoms with E-state index in [2.05, 4.69) is 5.32 Å². The molecule has 0 saturated heterocycles. The lowest BCUT2D eigenvalue weighted by Crippen LogP contribution is -2.38. The standard InChI is InChI=1S/C25H23F3N2O2/c26-25(27,28)20-7-5-6-19(16-20)24(13-2-3-14-24)23(32)29-21-11-9-18(10-12-21)17-30-15-4-1-8-22(30)31/h1,4-12,15-16H,2-3,13-14,17H2,(H,29,32). The molecule has 4 rings (SSSR count). The minimum absolute atomic E-state index is 0.103. The summed E-state index contributed by atoms with van der Waals surface area (Å²) in [6.45, 7) is 0.405. The van der Waals surface area contributed by atoms with Gasteiger partial charge in [-0.3, -0.25) is 9.59 Å². The molecule has 2 aromatic carbocycles. The number of carbonyl (C=O) groups is 1. The zero-order valence-corrected chi connectivity index (χ0v) is 17.4. The summed E-state index contributed by atoms with van der Waals surface area (Å²) in [6, 6.07) is 17.2. The summed E-state index contributed by atoms with van der Waals surface area (Å²) in [4.78, 5) is 25.2. The van der Waals surface area contributed by atoms with Crippen LogP contribution in [-0.4, -0.2) is 10.5 Å². The monoisotopic (exact) mass is 440 g/mol. The highest BCUT2D eigenvalue weighted by atomic mass is 19.4. The van der Waals surface area contributed by atoms with E-state index in [0.717, 1.165) is 30.5 Å². The summed E-state index contributed by atoms with van der Waals surface area (Å²) in [7, 11) is 0. The van der Waals surface area contributed by atoms with Crippen LogP contribution < -0.4 is 10.9 Å². The van der Waals surface area contributed by atoms with Crippen molar-refractivity contribution >= 4 is 11.6 Å². The fourth-order valence-electron chi connectivity index (χ4n) is 4.35. The maximum absolute atomic E-state index is 13.3. The molecule has 1 heterocycles. The third-order valence-electron chi connectivity index (χ3n) is 6.10. The average Bonchev–Trinajstić information content (AvgIpc) is 3.28. The molecular formula is C25H23F3N2O2. The van der Waals surface area contributed by atoms with Crippen LogP contribution >= 0.6 is 0 Å². The van der Waals surface area contributed by atoms with E-state index in [1.54, 1.807) is 41.1 Å². The van der Waals surface area contributed by atoms with E-state index in [4.69, 9.17) is 0 Å². The number of aromatic nitrogens is 1. The first-order valence-electron chi connectivity index (χ1n) is 10.5. The van der Waals surface area contributed by atoms with Crippen molar-refractivity contribution in [1.29, 1.82) is 0 Å². The fourth-order valence-corrected chi connectivity index (χ4v) is 4.35. The minimum atomic E-state index is -4.46. The number of alkyl halides is 3. The first kappa shape index (κ1) is 21.9. The number of benzene rings is 2. The maximum Gasteiger partial charge on any atom is 0.416 e. The largest absolute Gasteiger partial charge is 0.416 e. The van der Waals surface area contributed by atoms with Crippen LogP contribution in [-0.2, 0) is 22.9 Å². The van der Waals surface area contributed by atoms with Crippen LogP contribution in [0, 0.1) is 0 Å². The Balaban J connectivity index is 1.54. The Morgan fingerprint density at radius 1 is 0.969 bits per heavy atom. The number of halogens is 3. The molecule has 0 atom stereocenters. The molecule has 166 valence electrons. The lowest BCUT2D eigenvalue weighted by molar-refractivity contribution is -0.137. The molecular weight excluding hydrogens is 417 g/mol. The van der Waals surface area contributed by atoms with Gasteiger partial charge < -0.3 is 9.88 Å². The SMILES string of the molecule is O=C(Nc1ccc(Cn2ccccc2=O)cc1)C1(c2cccc(C(F)(F)F)c2)CCCC1. The van der Waals surface area contributed by atoms with E-state index in [0.29, 0.717) is 30.6 Å². The molecule has 0 radical (unpaired) electrons. The van der Waals surface area contributed by atoms with Gasteiger partial charge in [-0.25, -0.2) is 0 Å². The molecule has 0 bridgehead atoms. The Morgan fingerprint density at radius 2 is 1.69 bits per heavy atom. The van der Waals surface area contributed by atoms with Crippen molar-refractivity contribution in [3.8, 4) is 0 Å². The van der Waals surface area contributed by atoms with E-state index in [-0.39, 0.29) is 11.5 Å². The van der Waals surface area contributed by atoms with E-state index in [1.165, 1.54) is 12.1 Å². The average molecular weight is 440 g/mol. The minimum Gasteiger partial charge on any atom is -0.325 e. The van der Waals surface area contributed by atoms with Gasteiger partial charge in [-0.15, -0.1) is 0 Å². The molecule has 0 aliphatic heterocycles. The first-order valence-corrected chi connectivity index (χ1v) is 10.5. The molecule has 0 spiro atoms. The summed E-state index contributed by atoms with van der Waals surface area (Å²) >= 11 is 0. The smallest absolute Gasteiger partial charge is 0.325 e. The number of nitrogens with one attached hydrogen (secondary N) is 1. The van der Waals surface area contributed by atoms with Gasteiger partial charge in [0.25, 0.3) is 5.56 Å². The normalized spacial score (nSPS) is 15.5. The fraction of sp³-hybridized carbons (Fsp3) is 0.280. The molecule has 1 amide bonds. The number of pyridine rings is 1. The predicted octanol–water partition coefficient (Wildman–Crippen LogP) is 5.37. The molecule has 1 fully saturated rings. The van der Waals surface area contributed by atoms with Gasteiger partial charge in [0.2, 0.25) is 5.91 Å². The second-order valence-corrected chi connectivity index (χ2v) is 8.19. The highest BCUT2D eigenvalue weighted by Crippen LogP contribution is 2.43. The zero-order valence-electron chi connectivity index (χ0n) is 17.4. The summed E-state index contributed by atoms with van der Waals surface area (Å²) in [5.74, 6) is -0.290. The van der Waals surface area contributed by atoms with E-state index in [1.807, 2.05) is 12.1 Å². The number of carbonyl (C=O) groups excluding carboxylic acids is 1. The second kappa shape index (κ2) is 8.65. The molecule has 1 N–H and O–H groups in total. The van der Waals surface area contributed by atoms with Gasteiger partial charge in [0, 0.05) is 18.0 Å².